The van der Waals surface area contributed by atoms with Crippen molar-refractivity contribution >= 4 is 11.8 Å². The average Bonchev–Trinajstić information content (AvgIpc) is 2.84. The van der Waals surface area contributed by atoms with Crippen molar-refractivity contribution in [3.05, 3.63) is 0 Å². The van der Waals surface area contributed by atoms with Gasteiger partial charge in [0.15, 0.2) is 0 Å². The second-order valence-corrected chi connectivity index (χ2v) is 4.84. The molecule has 17 heavy (non-hydrogen) atoms. The zero-order valence-corrected chi connectivity index (χ0v) is 8.62. The highest BCUT2D eigenvalue weighted by Crippen LogP contribution is 2.55. The smallest absolute Gasteiger partial charge is 0.200 e. The van der Waals surface area contributed by atoms with Crippen LogP contribution in [0.2, 0.25) is 0 Å². The van der Waals surface area contributed by atoms with Gasteiger partial charge in [-0.25, -0.2) is 0 Å². The van der Waals surface area contributed by atoms with Crippen LogP contribution in [-0.4, -0.2) is 34.9 Å². The zero-order chi connectivity index (χ0) is 13.7. The van der Waals surface area contributed by atoms with E-state index in [1.54, 1.807) is 0 Å². The highest BCUT2D eigenvalue weighted by molar-refractivity contribution is 8.06. The molecule has 0 bridgehead atoms. The van der Waals surface area contributed by atoms with E-state index in [1.807, 2.05) is 0 Å². The molecule has 0 aromatic carbocycles. The molecular formula is C7H5F9S. The lowest BCUT2D eigenvalue weighted by atomic mass is 10.00. The van der Waals surface area contributed by atoms with Crippen LogP contribution in [0.3, 0.4) is 0 Å². The molecule has 1 aliphatic heterocycles. The van der Waals surface area contributed by atoms with Crippen LogP contribution >= 0.6 is 11.8 Å². The number of hydrogen-bond donors (Lipinski definition) is 0. The normalized spacial score (nSPS) is 22.8. The number of alkyl halides is 9. The van der Waals surface area contributed by atoms with Crippen molar-refractivity contribution < 1.29 is 39.5 Å². The van der Waals surface area contributed by atoms with Crippen LogP contribution in [-0.2, 0) is 0 Å². The predicted octanol–water partition coefficient (Wildman–Crippen LogP) is 3.96. The van der Waals surface area contributed by atoms with Gasteiger partial charge in [-0.05, 0) is 0 Å². The molecular weight excluding hydrogens is 287 g/mol. The summed E-state index contributed by atoms with van der Waals surface area (Å²) in [5.74, 6) is -18.6. The molecule has 1 saturated heterocycles. The molecule has 1 atom stereocenters. The Morgan fingerprint density at radius 1 is 0.824 bits per heavy atom. The Kier molecular flexibility index (Phi) is 3.35. The minimum Gasteiger partial charge on any atom is -0.200 e. The van der Waals surface area contributed by atoms with Crippen LogP contribution in [0.4, 0.5) is 39.5 Å². The fourth-order valence-electron chi connectivity index (χ4n) is 1.01. The van der Waals surface area contributed by atoms with Gasteiger partial charge in [0.2, 0.25) is 0 Å². The van der Waals surface area contributed by atoms with Gasteiger partial charge in [-0.1, -0.05) is 0 Å². The second kappa shape index (κ2) is 3.86. The standard InChI is InChI=1S/C7H5F9S/c8-4(9,1-3-2-17-3)5(10,11)6(12,13)7(14,15)16/h3H,1-2H2. The first kappa shape index (κ1) is 14.8. The Balaban J connectivity index is 2.98. The third-order valence-electron chi connectivity index (χ3n) is 2.10. The molecule has 1 aliphatic rings. The molecule has 102 valence electrons. The summed E-state index contributed by atoms with van der Waals surface area (Å²) < 4.78 is 110. The van der Waals surface area contributed by atoms with Gasteiger partial charge >= 0.3 is 23.9 Å². The molecule has 0 aliphatic carbocycles. The Labute approximate surface area is 93.5 Å². The van der Waals surface area contributed by atoms with E-state index >= 15 is 0 Å². The van der Waals surface area contributed by atoms with Gasteiger partial charge in [0.05, 0.1) is 0 Å². The molecule has 0 radical (unpaired) electrons. The van der Waals surface area contributed by atoms with Crippen molar-refractivity contribution in [3.8, 4) is 0 Å². The fourth-order valence-corrected chi connectivity index (χ4v) is 1.59. The molecule has 1 unspecified atom stereocenters. The van der Waals surface area contributed by atoms with Crippen molar-refractivity contribution in [2.75, 3.05) is 5.75 Å². The summed E-state index contributed by atoms with van der Waals surface area (Å²) in [6.45, 7) is 0. The van der Waals surface area contributed by atoms with Gasteiger partial charge in [0, 0.05) is 17.4 Å². The summed E-state index contributed by atoms with van der Waals surface area (Å²) >= 11 is 0.790. The maximum atomic E-state index is 12.8. The summed E-state index contributed by atoms with van der Waals surface area (Å²) in [5, 5.41) is -1.00. The average molecular weight is 292 g/mol. The first-order chi connectivity index (χ1) is 7.33. The van der Waals surface area contributed by atoms with E-state index in [9.17, 15) is 39.5 Å². The van der Waals surface area contributed by atoms with E-state index < -0.39 is 35.6 Å². The largest absolute Gasteiger partial charge is 0.460 e. The van der Waals surface area contributed by atoms with Gasteiger partial charge in [-0.3, -0.25) is 0 Å². The quantitative estimate of drug-likeness (QED) is 0.558. The molecule has 0 amide bonds. The van der Waals surface area contributed by atoms with Crippen molar-refractivity contribution in [1.29, 1.82) is 0 Å². The van der Waals surface area contributed by atoms with Crippen LogP contribution in [0, 0.1) is 0 Å². The number of hydrogen-bond acceptors (Lipinski definition) is 1. The first-order valence-corrected chi connectivity index (χ1v) is 5.19. The summed E-state index contributed by atoms with van der Waals surface area (Å²) in [4.78, 5) is 0. The van der Waals surface area contributed by atoms with Gasteiger partial charge in [-0.2, -0.15) is 51.3 Å². The molecule has 1 fully saturated rings. The predicted molar refractivity (Wildman–Crippen MR) is 41.8 cm³/mol. The van der Waals surface area contributed by atoms with Crippen LogP contribution in [0.5, 0.6) is 0 Å². The van der Waals surface area contributed by atoms with Gasteiger partial charge < -0.3 is 0 Å². The van der Waals surface area contributed by atoms with Gasteiger partial charge in [-0.15, -0.1) is 0 Å². The lowest BCUT2D eigenvalue weighted by molar-refractivity contribution is -0.396. The lowest BCUT2D eigenvalue weighted by Gasteiger charge is -2.33. The molecule has 0 aromatic rings. The summed E-state index contributed by atoms with van der Waals surface area (Å²) in [6.07, 6.45) is -8.42. The van der Waals surface area contributed by atoms with Crippen molar-refractivity contribution in [2.45, 2.75) is 35.6 Å². The maximum absolute atomic E-state index is 12.8. The van der Waals surface area contributed by atoms with Crippen molar-refractivity contribution in [2.24, 2.45) is 0 Å². The Morgan fingerprint density at radius 3 is 1.53 bits per heavy atom. The minimum atomic E-state index is -6.76. The van der Waals surface area contributed by atoms with E-state index in [0.717, 1.165) is 11.8 Å². The molecule has 1 heterocycles. The van der Waals surface area contributed by atoms with Crippen LogP contribution in [0.1, 0.15) is 6.42 Å². The zero-order valence-electron chi connectivity index (χ0n) is 7.80. The van der Waals surface area contributed by atoms with Crippen LogP contribution in [0.25, 0.3) is 0 Å². The van der Waals surface area contributed by atoms with Gasteiger partial charge in [0.25, 0.3) is 0 Å². The first-order valence-electron chi connectivity index (χ1n) is 4.15. The highest BCUT2D eigenvalue weighted by Gasteiger charge is 2.81. The van der Waals surface area contributed by atoms with E-state index in [0.29, 0.717) is 0 Å². The Hall–Kier alpha value is -0.280. The fraction of sp³-hybridized carbons (Fsp3) is 1.00. The topological polar surface area (TPSA) is 0 Å². The van der Waals surface area contributed by atoms with Crippen LogP contribution < -0.4 is 0 Å². The maximum Gasteiger partial charge on any atom is 0.460 e. The van der Waals surface area contributed by atoms with Crippen molar-refractivity contribution in [1.82, 2.24) is 0 Å². The lowest BCUT2D eigenvalue weighted by Crippen LogP contribution is -2.61. The monoisotopic (exact) mass is 292 g/mol. The molecule has 0 nitrogen and oxygen atoms in total. The van der Waals surface area contributed by atoms with E-state index in [-0.39, 0.29) is 5.75 Å². The third kappa shape index (κ3) is 2.45. The number of thioether (sulfide) groups is 1. The molecule has 10 heteroatoms. The Morgan fingerprint density at radius 2 is 1.24 bits per heavy atom. The molecule has 0 N–H and O–H groups in total. The highest BCUT2D eigenvalue weighted by atomic mass is 32.2. The number of halogens is 9. The third-order valence-corrected chi connectivity index (χ3v) is 3.07. The molecule has 0 aromatic heterocycles. The molecule has 0 spiro atoms. The van der Waals surface area contributed by atoms with Crippen molar-refractivity contribution in [3.63, 3.8) is 0 Å². The summed E-state index contributed by atoms with van der Waals surface area (Å²) in [5.41, 5.74) is 0. The van der Waals surface area contributed by atoms with E-state index in [2.05, 4.69) is 0 Å². The summed E-state index contributed by atoms with van der Waals surface area (Å²) in [7, 11) is 0. The molecule has 1 rings (SSSR count). The van der Waals surface area contributed by atoms with E-state index in [4.69, 9.17) is 0 Å². The van der Waals surface area contributed by atoms with Crippen LogP contribution in [0.15, 0.2) is 0 Å². The van der Waals surface area contributed by atoms with E-state index in [1.165, 1.54) is 0 Å². The number of rotatable bonds is 4. The minimum absolute atomic E-state index is 0.0449. The Bertz CT molecular complexity index is 290. The SMILES string of the molecule is FC(F)(F)C(F)(F)C(F)(F)C(F)(F)CC1CS1. The summed E-state index contributed by atoms with van der Waals surface area (Å²) in [6, 6.07) is 0. The molecule has 0 saturated carbocycles. The van der Waals surface area contributed by atoms with Gasteiger partial charge in [0.1, 0.15) is 0 Å². The second-order valence-electron chi connectivity index (χ2n) is 3.51.